The average molecular weight is 440 g/mol. The highest BCUT2D eigenvalue weighted by atomic mass is 35.5. The van der Waals surface area contributed by atoms with E-state index >= 15 is 0 Å². The fraction of sp³-hybridized carbons (Fsp3) is 0.300. The van der Waals surface area contributed by atoms with Crippen molar-refractivity contribution in [1.29, 1.82) is 0 Å². The van der Waals surface area contributed by atoms with Crippen LogP contribution in [0.2, 0.25) is 5.02 Å². The van der Waals surface area contributed by atoms with E-state index in [-0.39, 0.29) is 24.3 Å². The lowest BCUT2D eigenvalue weighted by molar-refractivity contribution is -0.138. The highest BCUT2D eigenvalue weighted by Gasteiger charge is 2.35. The molecule has 0 aliphatic carbocycles. The van der Waals surface area contributed by atoms with Gasteiger partial charge in [-0.05, 0) is 19.1 Å². The highest BCUT2D eigenvalue weighted by Crippen LogP contribution is 2.39. The molecular weight excluding hydrogens is 423 g/mol. The molecule has 0 unspecified atom stereocenters. The predicted octanol–water partition coefficient (Wildman–Crippen LogP) is 5.20. The minimum atomic E-state index is -4.52. The molecule has 3 heterocycles. The topological polar surface area (TPSA) is 58.4 Å². The average Bonchev–Trinajstić information content (AvgIpc) is 3.04. The van der Waals surface area contributed by atoms with Crippen LogP contribution in [0, 0.1) is 0 Å². The molecule has 1 aliphatic rings. The Morgan fingerprint density at radius 3 is 2.73 bits per heavy atom. The van der Waals surface area contributed by atoms with Gasteiger partial charge in [-0.25, -0.2) is 4.68 Å². The number of rotatable bonds is 4. The first-order chi connectivity index (χ1) is 14.3. The minimum absolute atomic E-state index is 0.0787. The zero-order valence-electron chi connectivity index (χ0n) is 16.0. The van der Waals surface area contributed by atoms with Crippen LogP contribution < -0.4 is 9.47 Å². The maximum absolute atomic E-state index is 13.2. The Labute approximate surface area is 175 Å². The Hall–Kier alpha value is -2.78. The first kappa shape index (κ1) is 20.5. The van der Waals surface area contributed by atoms with Crippen molar-refractivity contribution in [2.75, 3.05) is 7.11 Å². The summed E-state index contributed by atoms with van der Waals surface area (Å²) in [6.07, 6.45) is -1.12. The molecule has 158 valence electrons. The number of nitrogens with zero attached hydrogens (tertiary/aromatic N) is 3. The molecule has 1 aromatic carbocycles. The van der Waals surface area contributed by atoms with Crippen LogP contribution in [-0.4, -0.2) is 28.0 Å². The van der Waals surface area contributed by atoms with Crippen molar-refractivity contribution >= 4 is 11.6 Å². The molecule has 30 heavy (non-hydrogen) atoms. The van der Waals surface area contributed by atoms with Crippen LogP contribution in [0.25, 0.3) is 5.69 Å². The number of hydrogen-bond acceptors (Lipinski definition) is 5. The smallest absolute Gasteiger partial charge is 0.419 e. The molecule has 1 atom stereocenters. The number of alkyl halides is 3. The molecule has 0 bridgehead atoms. The van der Waals surface area contributed by atoms with Gasteiger partial charge in [0.05, 0.1) is 53.5 Å². The number of halogens is 4. The van der Waals surface area contributed by atoms with E-state index < -0.39 is 11.7 Å². The molecule has 1 aliphatic heterocycles. The number of ether oxygens (including phenoxy) is 3. The van der Waals surface area contributed by atoms with E-state index in [1.54, 1.807) is 10.7 Å². The molecule has 0 saturated heterocycles. The van der Waals surface area contributed by atoms with Crippen molar-refractivity contribution in [3.63, 3.8) is 0 Å². The summed E-state index contributed by atoms with van der Waals surface area (Å²) >= 11 is 5.96. The molecule has 6 nitrogen and oxygen atoms in total. The normalized spacial score (nSPS) is 16.3. The van der Waals surface area contributed by atoms with Crippen LogP contribution in [0.15, 0.2) is 36.7 Å². The molecule has 0 saturated carbocycles. The molecule has 0 amide bonds. The Morgan fingerprint density at radius 2 is 2.03 bits per heavy atom. The maximum atomic E-state index is 13.2. The van der Waals surface area contributed by atoms with Gasteiger partial charge in [0.1, 0.15) is 11.5 Å². The SMILES string of the molecule is COc1cc(-n2nc(Oc3cncc(Cl)c3)c3c2C[C@@H](C)OC3)ccc1C(F)(F)F. The second-order valence-corrected chi connectivity index (χ2v) is 7.23. The Morgan fingerprint density at radius 1 is 1.23 bits per heavy atom. The van der Waals surface area contributed by atoms with Crippen LogP contribution in [0.3, 0.4) is 0 Å². The number of methoxy groups -OCH3 is 1. The maximum Gasteiger partial charge on any atom is 0.419 e. The van der Waals surface area contributed by atoms with Crippen LogP contribution in [0.1, 0.15) is 23.7 Å². The van der Waals surface area contributed by atoms with Gasteiger partial charge in [-0.3, -0.25) is 4.98 Å². The van der Waals surface area contributed by atoms with E-state index in [9.17, 15) is 13.2 Å². The van der Waals surface area contributed by atoms with Gasteiger partial charge < -0.3 is 14.2 Å². The van der Waals surface area contributed by atoms with Crippen molar-refractivity contribution in [3.05, 3.63) is 58.5 Å². The van der Waals surface area contributed by atoms with E-state index in [0.717, 1.165) is 11.8 Å². The summed E-state index contributed by atoms with van der Waals surface area (Å²) in [5.41, 5.74) is 1.07. The number of pyridine rings is 1. The van der Waals surface area contributed by atoms with Crippen LogP contribution >= 0.6 is 11.6 Å². The third-order valence-electron chi connectivity index (χ3n) is 4.68. The van der Waals surface area contributed by atoms with Crippen LogP contribution in [0.4, 0.5) is 13.2 Å². The third kappa shape index (κ3) is 3.95. The van der Waals surface area contributed by atoms with Crippen molar-refractivity contribution in [2.24, 2.45) is 0 Å². The summed E-state index contributed by atoms with van der Waals surface area (Å²) in [6.45, 7) is 2.17. The van der Waals surface area contributed by atoms with Crippen molar-refractivity contribution in [2.45, 2.75) is 32.2 Å². The standard InChI is InChI=1S/C20H17ClF3N3O3/c1-11-5-17-15(10-29-11)19(30-14-6-12(21)8-25-9-14)26-27(17)13-3-4-16(20(22,23)24)18(7-13)28-2/h3-4,6-9,11H,5,10H2,1-2H3/t11-/m1/s1. The molecular formula is C20H17ClF3N3O3. The summed E-state index contributed by atoms with van der Waals surface area (Å²) in [5.74, 6) is 0.379. The fourth-order valence-corrected chi connectivity index (χ4v) is 3.44. The zero-order chi connectivity index (χ0) is 21.5. The van der Waals surface area contributed by atoms with Gasteiger partial charge in [0.15, 0.2) is 0 Å². The zero-order valence-corrected chi connectivity index (χ0v) is 16.8. The van der Waals surface area contributed by atoms with Gasteiger partial charge >= 0.3 is 6.18 Å². The number of hydrogen-bond donors (Lipinski definition) is 0. The van der Waals surface area contributed by atoms with Gasteiger partial charge in [-0.1, -0.05) is 11.6 Å². The van der Waals surface area contributed by atoms with E-state index in [1.807, 2.05) is 6.92 Å². The summed E-state index contributed by atoms with van der Waals surface area (Å²) in [5, 5.41) is 4.90. The first-order valence-electron chi connectivity index (χ1n) is 9.02. The lowest BCUT2D eigenvalue weighted by Crippen LogP contribution is -2.21. The Kier molecular flexibility index (Phi) is 5.33. The molecule has 0 radical (unpaired) electrons. The molecule has 2 aromatic heterocycles. The van der Waals surface area contributed by atoms with E-state index in [1.165, 1.54) is 31.6 Å². The number of aromatic nitrogens is 3. The largest absolute Gasteiger partial charge is 0.496 e. The minimum Gasteiger partial charge on any atom is -0.496 e. The van der Waals surface area contributed by atoms with Crippen molar-refractivity contribution < 1.29 is 27.4 Å². The number of fused-ring (bicyclic) bond motifs is 1. The van der Waals surface area contributed by atoms with Gasteiger partial charge in [-0.2, -0.15) is 13.2 Å². The van der Waals surface area contributed by atoms with Gasteiger partial charge in [0.2, 0.25) is 5.88 Å². The molecule has 0 fully saturated rings. The van der Waals surface area contributed by atoms with E-state index in [2.05, 4.69) is 10.1 Å². The van der Waals surface area contributed by atoms with Crippen molar-refractivity contribution in [3.8, 4) is 23.1 Å². The molecule has 0 spiro atoms. The van der Waals surface area contributed by atoms with Crippen molar-refractivity contribution in [1.82, 2.24) is 14.8 Å². The molecule has 4 rings (SSSR count). The lowest BCUT2D eigenvalue weighted by atomic mass is 10.1. The third-order valence-corrected chi connectivity index (χ3v) is 4.88. The molecule has 0 N–H and O–H groups in total. The van der Waals surface area contributed by atoms with Gasteiger partial charge in [0, 0.05) is 24.8 Å². The highest BCUT2D eigenvalue weighted by molar-refractivity contribution is 6.30. The summed E-state index contributed by atoms with van der Waals surface area (Å²) in [6, 6.07) is 5.23. The summed E-state index contributed by atoms with van der Waals surface area (Å²) < 4.78 is 57.8. The molecule has 3 aromatic rings. The van der Waals surface area contributed by atoms with Gasteiger partial charge in [0.25, 0.3) is 0 Å². The molecule has 10 heteroatoms. The van der Waals surface area contributed by atoms with E-state index in [4.69, 9.17) is 25.8 Å². The summed E-state index contributed by atoms with van der Waals surface area (Å²) in [7, 11) is 1.20. The Balaban J connectivity index is 1.79. The fourth-order valence-electron chi connectivity index (χ4n) is 3.28. The van der Waals surface area contributed by atoms with Crippen LogP contribution in [-0.2, 0) is 23.9 Å². The second-order valence-electron chi connectivity index (χ2n) is 6.79. The van der Waals surface area contributed by atoms with Crippen LogP contribution in [0.5, 0.6) is 17.4 Å². The monoisotopic (exact) mass is 439 g/mol. The lowest BCUT2D eigenvalue weighted by Gasteiger charge is -2.21. The van der Waals surface area contributed by atoms with E-state index in [0.29, 0.717) is 28.4 Å². The predicted molar refractivity (Wildman–Crippen MR) is 102 cm³/mol. The Bertz CT molecular complexity index is 1080. The van der Waals surface area contributed by atoms with Gasteiger partial charge in [-0.15, -0.1) is 5.10 Å². The quantitative estimate of drug-likeness (QED) is 0.559. The second kappa shape index (κ2) is 7.81. The summed E-state index contributed by atoms with van der Waals surface area (Å²) in [4.78, 5) is 3.98. The number of benzene rings is 1. The first-order valence-corrected chi connectivity index (χ1v) is 9.40.